The fourth-order valence-electron chi connectivity index (χ4n) is 2.24. The first-order valence-corrected chi connectivity index (χ1v) is 7.70. The number of benzene rings is 1. The predicted octanol–water partition coefficient (Wildman–Crippen LogP) is 2.87. The van der Waals surface area contributed by atoms with E-state index < -0.39 is 0 Å². The molecule has 1 rings (SSSR count). The van der Waals surface area contributed by atoms with Crippen LogP contribution in [-0.4, -0.2) is 45.3 Å². The Labute approximate surface area is 124 Å². The molecule has 0 bridgehead atoms. The Hall–Kier alpha value is -0.900. The third-order valence-electron chi connectivity index (χ3n) is 3.60. The van der Waals surface area contributed by atoms with Crippen molar-refractivity contribution < 1.29 is 4.74 Å². The lowest BCUT2D eigenvalue weighted by molar-refractivity contribution is 0.155. The summed E-state index contributed by atoms with van der Waals surface area (Å²) in [6.07, 6.45) is 2.26. The average molecular weight is 278 g/mol. The number of methoxy groups -OCH3 is 1. The molecule has 0 saturated heterocycles. The van der Waals surface area contributed by atoms with Gasteiger partial charge >= 0.3 is 0 Å². The summed E-state index contributed by atoms with van der Waals surface area (Å²) >= 11 is 0. The minimum atomic E-state index is 0.391. The predicted molar refractivity (Wildman–Crippen MR) is 86.2 cm³/mol. The summed E-state index contributed by atoms with van der Waals surface area (Å²) in [7, 11) is 3.91. The molecule has 0 aliphatic heterocycles. The van der Waals surface area contributed by atoms with Crippen molar-refractivity contribution >= 4 is 0 Å². The molecule has 0 heterocycles. The molecule has 1 N–H and O–H groups in total. The third-order valence-corrected chi connectivity index (χ3v) is 3.60. The molecular formula is C17H30N2O. The fourth-order valence-corrected chi connectivity index (χ4v) is 2.24. The Balaban J connectivity index is 2.66. The van der Waals surface area contributed by atoms with Gasteiger partial charge in [-0.05, 0) is 37.6 Å². The van der Waals surface area contributed by atoms with Gasteiger partial charge < -0.3 is 15.0 Å². The highest BCUT2D eigenvalue weighted by Crippen LogP contribution is 2.15. The number of likely N-dealkylation sites (N-methyl/N-ethyl adjacent to an activating group) is 1. The van der Waals surface area contributed by atoms with Crippen molar-refractivity contribution in [1.29, 1.82) is 0 Å². The number of nitrogens with one attached hydrogen (secondary N) is 1. The summed E-state index contributed by atoms with van der Waals surface area (Å²) in [5, 5.41) is 3.65. The summed E-state index contributed by atoms with van der Waals surface area (Å²) in [5.41, 5.74) is 2.77. The molecule has 1 aromatic rings. The smallest absolute Gasteiger partial charge is 0.0589 e. The van der Waals surface area contributed by atoms with E-state index in [-0.39, 0.29) is 0 Å². The van der Waals surface area contributed by atoms with Gasteiger partial charge in [-0.1, -0.05) is 38.1 Å². The first-order chi connectivity index (χ1) is 9.71. The highest BCUT2D eigenvalue weighted by Gasteiger charge is 2.13. The van der Waals surface area contributed by atoms with Gasteiger partial charge in [0.25, 0.3) is 0 Å². The Morgan fingerprint density at radius 3 is 2.45 bits per heavy atom. The highest BCUT2D eigenvalue weighted by molar-refractivity contribution is 5.25. The fraction of sp³-hybridized carbons (Fsp3) is 0.647. The molecule has 20 heavy (non-hydrogen) atoms. The standard InChI is InChI=1S/C17H30N2O/c1-5-11-18-17(14-19(3)12-13-20-4)16-9-7-15(6-2)8-10-16/h7-10,17-18H,5-6,11-14H2,1-4H3. The van der Waals surface area contributed by atoms with Crippen LogP contribution < -0.4 is 5.32 Å². The molecular weight excluding hydrogens is 248 g/mol. The van der Waals surface area contributed by atoms with Crippen molar-refractivity contribution in [2.24, 2.45) is 0 Å². The number of aryl methyl sites for hydroxylation is 1. The topological polar surface area (TPSA) is 24.5 Å². The first-order valence-electron chi connectivity index (χ1n) is 7.70. The number of nitrogens with zero attached hydrogens (tertiary/aromatic N) is 1. The van der Waals surface area contributed by atoms with E-state index in [1.54, 1.807) is 7.11 Å². The van der Waals surface area contributed by atoms with Gasteiger partial charge in [-0.2, -0.15) is 0 Å². The van der Waals surface area contributed by atoms with Gasteiger partial charge in [0.05, 0.1) is 6.61 Å². The lowest BCUT2D eigenvalue weighted by Crippen LogP contribution is -2.35. The van der Waals surface area contributed by atoms with Crippen LogP contribution in [0.1, 0.15) is 37.4 Å². The van der Waals surface area contributed by atoms with E-state index >= 15 is 0 Å². The van der Waals surface area contributed by atoms with E-state index in [4.69, 9.17) is 4.74 Å². The highest BCUT2D eigenvalue weighted by atomic mass is 16.5. The molecule has 0 amide bonds. The van der Waals surface area contributed by atoms with Crippen LogP contribution in [0.25, 0.3) is 0 Å². The normalized spacial score (nSPS) is 12.8. The second-order valence-electron chi connectivity index (χ2n) is 5.36. The summed E-state index contributed by atoms with van der Waals surface area (Å²) in [6, 6.07) is 9.39. The molecule has 3 heteroatoms. The quantitative estimate of drug-likeness (QED) is 0.712. The van der Waals surface area contributed by atoms with Crippen molar-refractivity contribution in [1.82, 2.24) is 10.2 Å². The SMILES string of the molecule is CCCNC(CN(C)CCOC)c1ccc(CC)cc1. The third kappa shape index (κ3) is 6.04. The van der Waals surface area contributed by atoms with Gasteiger partial charge in [-0.3, -0.25) is 0 Å². The molecule has 1 aromatic carbocycles. The van der Waals surface area contributed by atoms with Crippen molar-refractivity contribution in [3.8, 4) is 0 Å². The average Bonchev–Trinajstić information content (AvgIpc) is 2.49. The number of ether oxygens (including phenoxy) is 1. The zero-order chi connectivity index (χ0) is 14.8. The number of rotatable bonds is 10. The van der Waals surface area contributed by atoms with E-state index in [1.807, 2.05) is 0 Å². The Morgan fingerprint density at radius 1 is 1.20 bits per heavy atom. The maximum Gasteiger partial charge on any atom is 0.0589 e. The molecule has 0 radical (unpaired) electrons. The van der Waals surface area contributed by atoms with Crippen molar-refractivity contribution in [2.45, 2.75) is 32.7 Å². The van der Waals surface area contributed by atoms with Crippen LogP contribution in [-0.2, 0) is 11.2 Å². The maximum atomic E-state index is 5.15. The van der Waals surface area contributed by atoms with Gasteiger partial charge in [-0.15, -0.1) is 0 Å². The van der Waals surface area contributed by atoms with Gasteiger partial charge in [0.15, 0.2) is 0 Å². The van der Waals surface area contributed by atoms with E-state index in [9.17, 15) is 0 Å². The molecule has 114 valence electrons. The summed E-state index contributed by atoms with van der Waals surface area (Å²) in [5.74, 6) is 0. The first kappa shape index (κ1) is 17.2. The Bertz CT molecular complexity index is 351. The zero-order valence-electron chi connectivity index (χ0n) is 13.5. The summed E-state index contributed by atoms with van der Waals surface area (Å²) in [4.78, 5) is 2.32. The van der Waals surface area contributed by atoms with Crippen LogP contribution in [0.3, 0.4) is 0 Å². The number of hydrogen-bond donors (Lipinski definition) is 1. The molecule has 1 unspecified atom stereocenters. The minimum Gasteiger partial charge on any atom is -0.383 e. The van der Waals surface area contributed by atoms with Gasteiger partial charge in [0.2, 0.25) is 0 Å². The monoisotopic (exact) mass is 278 g/mol. The second kappa shape index (κ2) is 9.92. The van der Waals surface area contributed by atoms with Crippen LogP contribution in [0.2, 0.25) is 0 Å². The van der Waals surface area contributed by atoms with Crippen LogP contribution >= 0.6 is 0 Å². The van der Waals surface area contributed by atoms with Gasteiger partial charge in [0, 0.05) is 26.2 Å². The van der Waals surface area contributed by atoms with E-state index in [2.05, 4.69) is 55.4 Å². The largest absolute Gasteiger partial charge is 0.383 e. The lowest BCUT2D eigenvalue weighted by Gasteiger charge is -2.25. The van der Waals surface area contributed by atoms with Crippen LogP contribution in [0, 0.1) is 0 Å². The summed E-state index contributed by atoms with van der Waals surface area (Å²) < 4.78 is 5.15. The van der Waals surface area contributed by atoms with Crippen molar-refractivity contribution in [2.75, 3.05) is 40.4 Å². The lowest BCUT2D eigenvalue weighted by atomic mass is 10.0. The van der Waals surface area contributed by atoms with E-state index in [0.717, 1.165) is 39.1 Å². The van der Waals surface area contributed by atoms with Crippen molar-refractivity contribution in [3.05, 3.63) is 35.4 Å². The number of hydrogen-bond acceptors (Lipinski definition) is 3. The maximum absolute atomic E-state index is 5.15. The molecule has 0 aromatic heterocycles. The molecule has 0 aliphatic rings. The van der Waals surface area contributed by atoms with E-state index in [1.165, 1.54) is 11.1 Å². The van der Waals surface area contributed by atoms with Crippen LogP contribution in [0.15, 0.2) is 24.3 Å². The minimum absolute atomic E-state index is 0.391. The second-order valence-corrected chi connectivity index (χ2v) is 5.36. The molecule has 0 saturated carbocycles. The van der Waals surface area contributed by atoms with Gasteiger partial charge in [0.1, 0.15) is 0 Å². The van der Waals surface area contributed by atoms with E-state index in [0.29, 0.717) is 6.04 Å². The molecule has 0 aliphatic carbocycles. The van der Waals surface area contributed by atoms with Crippen molar-refractivity contribution in [3.63, 3.8) is 0 Å². The Kier molecular flexibility index (Phi) is 8.51. The Morgan fingerprint density at radius 2 is 1.90 bits per heavy atom. The zero-order valence-corrected chi connectivity index (χ0v) is 13.5. The van der Waals surface area contributed by atoms with Gasteiger partial charge in [-0.25, -0.2) is 0 Å². The molecule has 0 spiro atoms. The van der Waals surface area contributed by atoms with Crippen LogP contribution in [0.4, 0.5) is 0 Å². The molecule has 3 nitrogen and oxygen atoms in total. The molecule has 0 fully saturated rings. The molecule has 1 atom stereocenters. The summed E-state index contributed by atoms with van der Waals surface area (Å²) in [6.45, 7) is 8.21. The van der Waals surface area contributed by atoms with Crippen LogP contribution in [0.5, 0.6) is 0 Å².